The van der Waals surface area contributed by atoms with Crippen molar-refractivity contribution in [3.05, 3.63) is 76.4 Å². The molecule has 0 amide bonds. The summed E-state index contributed by atoms with van der Waals surface area (Å²) < 4.78 is 39.6. The van der Waals surface area contributed by atoms with Crippen LogP contribution < -0.4 is 4.72 Å². The highest BCUT2D eigenvalue weighted by Crippen LogP contribution is 2.10. The predicted molar refractivity (Wildman–Crippen MR) is 82.4 cm³/mol. The van der Waals surface area contributed by atoms with Gasteiger partial charge in [-0.3, -0.25) is 0 Å². The smallest absolute Gasteiger partial charge is 0.208 e. The van der Waals surface area contributed by atoms with Crippen molar-refractivity contribution in [1.29, 1.82) is 5.26 Å². The fraction of sp³-hybridized carbons (Fsp3) is 0.0625. The highest BCUT2D eigenvalue weighted by molar-refractivity contribution is 7.92. The number of rotatable bonds is 5. The Morgan fingerprint density at radius 1 is 1.18 bits per heavy atom. The van der Waals surface area contributed by atoms with Gasteiger partial charge in [0.1, 0.15) is 5.82 Å². The molecule has 0 heterocycles. The van der Waals surface area contributed by atoms with Crippen LogP contribution >= 0.6 is 0 Å². The normalized spacial score (nSPS) is 11.5. The van der Waals surface area contributed by atoms with Crippen molar-refractivity contribution < 1.29 is 12.8 Å². The summed E-state index contributed by atoms with van der Waals surface area (Å²) in [4.78, 5) is 0. The largest absolute Gasteiger partial charge is 0.234 e. The lowest BCUT2D eigenvalue weighted by Crippen LogP contribution is -2.21. The second-order valence-corrected chi connectivity index (χ2v) is 6.15. The molecule has 2 rings (SSSR count). The molecule has 0 aliphatic rings. The molecule has 0 fully saturated rings. The van der Waals surface area contributed by atoms with Crippen LogP contribution in [0.3, 0.4) is 0 Å². The zero-order chi connectivity index (χ0) is 16.0. The molecule has 22 heavy (non-hydrogen) atoms. The zero-order valence-electron chi connectivity index (χ0n) is 11.5. The minimum absolute atomic E-state index is 0.177. The van der Waals surface area contributed by atoms with Crippen LogP contribution in [-0.2, 0) is 16.6 Å². The van der Waals surface area contributed by atoms with E-state index in [0.717, 1.165) is 17.0 Å². The molecule has 0 aliphatic carbocycles. The van der Waals surface area contributed by atoms with Crippen LogP contribution in [0.1, 0.15) is 16.7 Å². The Balaban J connectivity index is 2.04. The number of hydrogen-bond acceptors (Lipinski definition) is 3. The van der Waals surface area contributed by atoms with Gasteiger partial charge in [0.2, 0.25) is 10.0 Å². The van der Waals surface area contributed by atoms with Gasteiger partial charge in [0.15, 0.2) is 0 Å². The monoisotopic (exact) mass is 316 g/mol. The van der Waals surface area contributed by atoms with E-state index in [9.17, 15) is 12.8 Å². The highest BCUT2D eigenvalue weighted by Gasteiger charge is 2.08. The number of benzene rings is 2. The molecule has 0 spiro atoms. The average molecular weight is 316 g/mol. The van der Waals surface area contributed by atoms with Crippen LogP contribution in [0.4, 0.5) is 4.39 Å². The lowest BCUT2D eigenvalue weighted by molar-refractivity contribution is 0.582. The molecule has 0 bridgehead atoms. The first-order chi connectivity index (χ1) is 10.5. The molecule has 0 saturated carbocycles. The van der Waals surface area contributed by atoms with Crippen LogP contribution in [0, 0.1) is 17.1 Å². The van der Waals surface area contributed by atoms with E-state index in [1.807, 2.05) is 12.1 Å². The van der Waals surface area contributed by atoms with Crippen molar-refractivity contribution in [2.75, 3.05) is 0 Å². The van der Waals surface area contributed by atoms with Gasteiger partial charge >= 0.3 is 0 Å². The summed E-state index contributed by atoms with van der Waals surface area (Å²) in [7, 11) is -3.67. The van der Waals surface area contributed by atoms with E-state index in [1.54, 1.807) is 24.3 Å². The lowest BCUT2D eigenvalue weighted by atomic mass is 10.1. The molecule has 0 atom stereocenters. The third-order valence-electron chi connectivity index (χ3n) is 2.89. The van der Waals surface area contributed by atoms with E-state index in [1.165, 1.54) is 18.2 Å². The van der Waals surface area contributed by atoms with Crippen LogP contribution in [0.2, 0.25) is 0 Å². The second kappa shape index (κ2) is 6.98. The predicted octanol–water partition coefficient (Wildman–Crippen LogP) is 2.79. The number of nitriles is 1. The summed E-state index contributed by atoms with van der Waals surface area (Å²) in [6.45, 7) is -0.182. The van der Waals surface area contributed by atoms with E-state index in [4.69, 9.17) is 5.26 Å². The van der Waals surface area contributed by atoms with E-state index in [2.05, 4.69) is 4.72 Å². The number of hydrogen-bond donors (Lipinski definition) is 1. The molecule has 6 heteroatoms. The molecule has 1 N–H and O–H groups in total. The molecule has 0 radical (unpaired) electrons. The highest BCUT2D eigenvalue weighted by atomic mass is 32.2. The van der Waals surface area contributed by atoms with Gasteiger partial charge in [-0.25, -0.2) is 17.5 Å². The summed E-state index contributed by atoms with van der Waals surface area (Å²) >= 11 is 0. The molecule has 4 nitrogen and oxygen atoms in total. The number of nitrogens with zero attached hydrogens (tertiary/aromatic N) is 1. The van der Waals surface area contributed by atoms with E-state index in [-0.39, 0.29) is 17.7 Å². The van der Waals surface area contributed by atoms with Gasteiger partial charge in [-0.2, -0.15) is 5.26 Å². The Bertz CT molecular complexity index is 825. The van der Waals surface area contributed by atoms with Crippen molar-refractivity contribution in [2.45, 2.75) is 6.54 Å². The average Bonchev–Trinajstić information content (AvgIpc) is 2.53. The third kappa shape index (κ3) is 4.52. The summed E-state index contributed by atoms with van der Waals surface area (Å²) in [6.07, 6.45) is 1.46. The molecular weight excluding hydrogens is 303 g/mol. The Hall–Kier alpha value is -2.49. The van der Waals surface area contributed by atoms with Gasteiger partial charge in [-0.15, -0.1) is 0 Å². The first-order valence-corrected chi connectivity index (χ1v) is 7.96. The summed E-state index contributed by atoms with van der Waals surface area (Å²) in [5.74, 6) is -0.617. The molecular formula is C16H13FN2O2S. The third-order valence-corrected chi connectivity index (χ3v) is 3.93. The maximum Gasteiger partial charge on any atom is 0.234 e. The van der Waals surface area contributed by atoms with E-state index < -0.39 is 15.8 Å². The topological polar surface area (TPSA) is 70.0 Å². The van der Waals surface area contributed by atoms with Crippen molar-refractivity contribution in [3.8, 4) is 6.07 Å². The van der Waals surface area contributed by atoms with Gasteiger partial charge in [0, 0.05) is 17.5 Å². The van der Waals surface area contributed by atoms with Crippen LogP contribution in [0.5, 0.6) is 0 Å². The first-order valence-electron chi connectivity index (χ1n) is 6.41. The number of sulfonamides is 1. The summed E-state index contributed by atoms with van der Waals surface area (Å²) in [5.41, 5.74) is 1.11. The minimum atomic E-state index is -3.67. The zero-order valence-corrected chi connectivity index (χ0v) is 12.3. The lowest BCUT2D eigenvalue weighted by Gasteiger charge is -2.05. The maximum atomic E-state index is 13.7. The van der Waals surface area contributed by atoms with Gasteiger partial charge in [0.25, 0.3) is 0 Å². The second-order valence-electron chi connectivity index (χ2n) is 4.50. The van der Waals surface area contributed by atoms with Gasteiger partial charge < -0.3 is 0 Å². The van der Waals surface area contributed by atoms with Crippen molar-refractivity contribution in [3.63, 3.8) is 0 Å². The van der Waals surface area contributed by atoms with Crippen molar-refractivity contribution >= 4 is 16.1 Å². The Morgan fingerprint density at radius 3 is 2.55 bits per heavy atom. The first kappa shape index (κ1) is 15.9. The fourth-order valence-electron chi connectivity index (χ4n) is 1.72. The van der Waals surface area contributed by atoms with E-state index in [0.29, 0.717) is 0 Å². The van der Waals surface area contributed by atoms with Crippen molar-refractivity contribution in [2.24, 2.45) is 0 Å². The minimum Gasteiger partial charge on any atom is -0.208 e. The molecule has 0 unspecified atom stereocenters. The Morgan fingerprint density at radius 2 is 1.91 bits per heavy atom. The van der Waals surface area contributed by atoms with E-state index >= 15 is 0 Å². The molecule has 2 aromatic carbocycles. The van der Waals surface area contributed by atoms with Crippen LogP contribution in [0.25, 0.3) is 6.08 Å². The molecule has 0 aliphatic heterocycles. The van der Waals surface area contributed by atoms with Gasteiger partial charge in [-0.1, -0.05) is 36.4 Å². The Kier molecular flexibility index (Phi) is 5.04. The summed E-state index contributed by atoms with van der Waals surface area (Å²) in [6, 6.07) is 14.7. The maximum absolute atomic E-state index is 13.7. The summed E-state index contributed by atoms with van der Waals surface area (Å²) in [5, 5.41) is 9.68. The fourth-order valence-corrected chi connectivity index (χ4v) is 2.51. The van der Waals surface area contributed by atoms with Gasteiger partial charge in [0.05, 0.1) is 11.6 Å². The molecule has 0 saturated heterocycles. The van der Waals surface area contributed by atoms with Gasteiger partial charge in [-0.05, 0) is 23.8 Å². The molecule has 0 aromatic heterocycles. The number of nitrogens with one attached hydrogen (secondary N) is 1. The standard InChI is InChI=1S/C16H13FN2O2S/c17-16-10-14(11-18)6-7-15(16)12-19-22(20,21)9-8-13-4-2-1-3-5-13/h1-10,19H,12H2. The molecule has 112 valence electrons. The Labute approximate surface area is 128 Å². The quantitative estimate of drug-likeness (QED) is 0.922. The van der Waals surface area contributed by atoms with Crippen LogP contribution in [0.15, 0.2) is 53.9 Å². The van der Waals surface area contributed by atoms with Crippen molar-refractivity contribution in [1.82, 2.24) is 4.72 Å². The SMILES string of the molecule is N#Cc1ccc(CNS(=O)(=O)C=Cc2ccccc2)c(F)c1. The number of halogens is 1. The molecule has 2 aromatic rings. The van der Waals surface area contributed by atoms with Crippen LogP contribution in [-0.4, -0.2) is 8.42 Å².